The molecule has 1 amide bonds. The lowest BCUT2D eigenvalue weighted by molar-refractivity contribution is -0.0186. The molecule has 2 N–H and O–H groups in total. The van der Waals surface area contributed by atoms with Crippen LogP contribution in [0.1, 0.15) is 22.5 Å². The van der Waals surface area contributed by atoms with Gasteiger partial charge in [-0.15, -0.1) is 0 Å². The molecule has 0 bridgehead atoms. The third-order valence-corrected chi connectivity index (χ3v) is 3.15. The molecule has 21 heavy (non-hydrogen) atoms. The molecule has 6 heteroatoms. The Balaban J connectivity index is 2.07. The molecular weight excluding hydrogens is 272 g/mol. The first kappa shape index (κ1) is 15.4. The van der Waals surface area contributed by atoms with Gasteiger partial charge in [0.2, 0.25) is 0 Å². The molecule has 1 aromatic rings. The van der Waals surface area contributed by atoms with Crippen LogP contribution in [0.25, 0.3) is 0 Å². The van der Waals surface area contributed by atoms with E-state index in [0.29, 0.717) is 37.4 Å². The number of aliphatic hydroxyl groups excluding tert-OH is 2. The van der Waals surface area contributed by atoms with Crippen molar-refractivity contribution in [3.8, 4) is 11.8 Å². The molecule has 1 aliphatic rings. The predicted octanol–water partition coefficient (Wildman–Crippen LogP) is -0.351. The van der Waals surface area contributed by atoms with Crippen LogP contribution in [0, 0.1) is 11.8 Å². The van der Waals surface area contributed by atoms with E-state index in [9.17, 15) is 9.90 Å². The van der Waals surface area contributed by atoms with Crippen molar-refractivity contribution in [1.29, 1.82) is 0 Å². The van der Waals surface area contributed by atoms with Crippen LogP contribution in [0.3, 0.4) is 0 Å². The van der Waals surface area contributed by atoms with Gasteiger partial charge < -0.3 is 19.8 Å². The number of carbonyl (C=O) groups is 1. The van der Waals surface area contributed by atoms with Gasteiger partial charge in [0.1, 0.15) is 5.69 Å². The molecule has 2 heterocycles. The van der Waals surface area contributed by atoms with Crippen LogP contribution in [-0.4, -0.2) is 65.0 Å². The fourth-order valence-electron chi connectivity index (χ4n) is 2.04. The Bertz CT molecular complexity index is 533. The number of rotatable bonds is 3. The molecule has 2 rings (SSSR count). The average molecular weight is 290 g/mol. The summed E-state index contributed by atoms with van der Waals surface area (Å²) >= 11 is 0. The maximum atomic E-state index is 12.4. The second-order valence-corrected chi connectivity index (χ2v) is 4.62. The van der Waals surface area contributed by atoms with Crippen LogP contribution >= 0.6 is 0 Å². The molecule has 1 fully saturated rings. The predicted molar refractivity (Wildman–Crippen MR) is 75.5 cm³/mol. The van der Waals surface area contributed by atoms with Gasteiger partial charge in [0.15, 0.2) is 0 Å². The first-order chi connectivity index (χ1) is 10.3. The monoisotopic (exact) mass is 290 g/mol. The van der Waals surface area contributed by atoms with Gasteiger partial charge in [-0.3, -0.25) is 4.79 Å². The number of ether oxygens (including phenoxy) is 1. The Morgan fingerprint density at radius 1 is 1.48 bits per heavy atom. The van der Waals surface area contributed by atoms with Gasteiger partial charge in [-0.25, -0.2) is 4.98 Å². The molecule has 1 saturated heterocycles. The summed E-state index contributed by atoms with van der Waals surface area (Å²) in [4.78, 5) is 18.1. The smallest absolute Gasteiger partial charge is 0.272 e. The van der Waals surface area contributed by atoms with Gasteiger partial charge in [0.25, 0.3) is 5.91 Å². The van der Waals surface area contributed by atoms with Crippen LogP contribution < -0.4 is 0 Å². The molecule has 0 aliphatic carbocycles. The summed E-state index contributed by atoms with van der Waals surface area (Å²) in [7, 11) is 0. The first-order valence-electron chi connectivity index (χ1n) is 6.81. The Kier molecular flexibility index (Phi) is 5.69. The highest BCUT2D eigenvalue weighted by molar-refractivity contribution is 5.92. The molecule has 6 nitrogen and oxygen atoms in total. The third-order valence-electron chi connectivity index (χ3n) is 3.15. The summed E-state index contributed by atoms with van der Waals surface area (Å²) in [5, 5.41) is 17.9. The number of carbonyl (C=O) groups excluding carboxylic acids is 1. The molecule has 1 aromatic heterocycles. The lowest BCUT2D eigenvalue weighted by atomic mass is 10.2. The zero-order valence-corrected chi connectivity index (χ0v) is 11.7. The van der Waals surface area contributed by atoms with Gasteiger partial charge >= 0.3 is 0 Å². The fraction of sp³-hybridized carbons (Fsp3) is 0.467. The highest BCUT2D eigenvalue weighted by Gasteiger charge is 2.28. The molecule has 0 saturated carbocycles. The van der Waals surface area contributed by atoms with Crippen molar-refractivity contribution >= 4 is 5.91 Å². The maximum Gasteiger partial charge on any atom is 0.272 e. The van der Waals surface area contributed by atoms with E-state index < -0.39 is 0 Å². The molecule has 0 spiro atoms. The van der Waals surface area contributed by atoms with E-state index in [1.54, 1.807) is 17.0 Å². The number of morpholine rings is 1. The summed E-state index contributed by atoms with van der Waals surface area (Å²) in [5.74, 6) is 5.43. The summed E-state index contributed by atoms with van der Waals surface area (Å²) in [5.41, 5.74) is 1.02. The number of aromatic nitrogens is 1. The lowest BCUT2D eigenvalue weighted by Crippen LogP contribution is -2.50. The molecule has 112 valence electrons. The fourth-order valence-corrected chi connectivity index (χ4v) is 2.04. The normalized spacial score (nSPS) is 18.0. The summed E-state index contributed by atoms with van der Waals surface area (Å²) in [6.45, 7) is 1.15. The van der Waals surface area contributed by atoms with Crippen molar-refractivity contribution < 1.29 is 19.7 Å². The second kappa shape index (κ2) is 7.74. The number of hydrogen-bond donors (Lipinski definition) is 2. The number of pyridine rings is 1. The second-order valence-electron chi connectivity index (χ2n) is 4.62. The number of amides is 1. The van der Waals surface area contributed by atoms with Crippen LogP contribution in [0.2, 0.25) is 0 Å². The SMILES string of the molecule is O=C(c1ccc(C#CCCO)cn1)N1CCOCC1CO. The van der Waals surface area contributed by atoms with E-state index in [1.807, 2.05) is 0 Å². The Hall–Kier alpha value is -1.94. The van der Waals surface area contributed by atoms with Gasteiger partial charge in [0, 0.05) is 24.7 Å². The van der Waals surface area contributed by atoms with Crippen molar-refractivity contribution in [1.82, 2.24) is 9.88 Å². The first-order valence-corrected chi connectivity index (χ1v) is 6.81. The van der Waals surface area contributed by atoms with Crippen molar-refractivity contribution in [2.24, 2.45) is 0 Å². The Morgan fingerprint density at radius 2 is 2.33 bits per heavy atom. The molecule has 1 unspecified atom stereocenters. The van der Waals surface area contributed by atoms with E-state index in [0.717, 1.165) is 0 Å². The molecule has 0 aromatic carbocycles. The minimum atomic E-state index is -0.322. The van der Waals surface area contributed by atoms with Crippen LogP contribution in [0.4, 0.5) is 0 Å². The third kappa shape index (κ3) is 4.02. The van der Waals surface area contributed by atoms with E-state index in [4.69, 9.17) is 9.84 Å². The minimum Gasteiger partial charge on any atom is -0.395 e. The molecular formula is C15H18N2O4. The zero-order chi connectivity index (χ0) is 15.1. The topological polar surface area (TPSA) is 82.9 Å². The van der Waals surface area contributed by atoms with E-state index >= 15 is 0 Å². The van der Waals surface area contributed by atoms with Crippen LogP contribution in [0.5, 0.6) is 0 Å². The lowest BCUT2D eigenvalue weighted by Gasteiger charge is -2.34. The van der Waals surface area contributed by atoms with Crippen molar-refractivity contribution in [3.05, 3.63) is 29.6 Å². The van der Waals surface area contributed by atoms with E-state index in [2.05, 4.69) is 16.8 Å². The average Bonchev–Trinajstić information content (AvgIpc) is 2.55. The van der Waals surface area contributed by atoms with E-state index in [1.165, 1.54) is 6.20 Å². The van der Waals surface area contributed by atoms with Crippen molar-refractivity contribution in [3.63, 3.8) is 0 Å². The highest BCUT2D eigenvalue weighted by atomic mass is 16.5. The summed E-state index contributed by atoms with van der Waals surface area (Å²) < 4.78 is 5.25. The highest BCUT2D eigenvalue weighted by Crippen LogP contribution is 2.11. The standard InChI is InChI=1S/C15H18N2O4/c18-7-2-1-3-12-4-5-14(16-9-12)15(20)17-6-8-21-11-13(17)10-19/h4-5,9,13,18-19H,2,6-8,10-11H2. The Morgan fingerprint density at radius 3 is 3.00 bits per heavy atom. The van der Waals surface area contributed by atoms with Crippen LogP contribution in [0.15, 0.2) is 18.3 Å². The number of hydrogen-bond acceptors (Lipinski definition) is 5. The molecule has 1 aliphatic heterocycles. The Labute approximate surface area is 123 Å². The van der Waals surface area contributed by atoms with Crippen LogP contribution in [-0.2, 0) is 4.74 Å². The summed E-state index contributed by atoms with van der Waals surface area (Å²) in [6.07, 6.45) is 1.94. The van der Waals surface area contributed by atoms with Crippen molar-refractivity contribution in [2.75, 3.05) is 33.0 Å². The molecule has 0 radical (unpaired) electrons. The number of aliphatic hydroxyl groups is 2. The zero-order valence-electron chi connectivity index (χ0n) is 11.7. The van der Waals surface area contributed by atoms with Gasteiger partial charge in [-0.1, -0.05) is 11.8 Å². The number of nitrogens with zero attached hydrogens (tertiary/aromatic N) is 2. The van der Waals surface area contributed by atoms with Crippen molar-refractivity contribution in [2.45, 2.75) is 12.5 Å². The minimum absolute atomic E-state index is 0.0244. The van der Waals surface area contributed by atoms with Gasteiger partial charge in [0.05, 0.1) is 32.5 Å². The summed E-state index contributed by atoms with van der Waals surface area (Å²) in [6, 6.07) is 3.02. The maximum absolute atomic E-state index is 12.4. The molecule has 1 atom stereocenters. The largest absolute Gasteiger partial charge is 0.395 e. The quantitative estimate of drug-likeness (QED) is 0.744. The van der Waals surface area contributed by atoms with Gasteiger partial charge in [-0.2, -0.15) is 0 Å². The van der Waals surface area contributed by atoms with Gasteiger partial charge in [-0.05, 0) is 12.1 Å². The van der Waals surface area contributed by atoms with E-state index in [-0.39, 0.29) is 25.2 Å².